The van der Waals surface area contributed by atoms with Crippen molar-refractivity contribution in [3.63, 3.8) is 0 Å². The zero-order valence-electron chi connectivity index (χ0n) is 10.3. The molecule has 0 atom stereocenters. The summed E-state index contributed by atoms with van der Waals surface area (Å²) in [5, 5.41) is 19.9. The van der Waals surface area contributed by atoms with Crippen molar-refractivity contribution >= 4 is 0 Å². The molecule has 0 spiro atoms. The summed E-state index contributed by atoms with van der Waals surface area (Å²) in [6, 6.07) is 3.13. The van der Waals surface area contributed by atoms with Crippen LogP contribution in [0.25, 0.3) is 0 Å². The van der Waals surface area contributed by atoms with Crippen LogP contribution in [0, 0.1) is 0 Å². The molecule has 0 radical (unpaired) electrons. The zero-order valence-corrected chi connectivity index (χ0v) is 10.3. The fourth-order valence-corrected chi connectivity index (χ4v) is 2.43. The molecule has 17 heavy (non-hydrogen) atoms. The minimum Gasteiger partial charge on any atom is -0.507 e. The van der Waals surface area contributed by atoms with Crippen LogP contribution in [0.1, 0.15) is 24.3 Å². The Morgan fingerprint density at radius 1 is 1.18 bits per heavy atom. The Labute approximate surface area is 101 Å². The van der Waals surface area contributed by atoms with Gasteiger partial charge in [0.2, 0.25) is 0 Å². The summed E-state index contributed by atoms with van der Waals surface area (Å²) in [6.07, 6.45) is 1.92. The highest BCUT2D eigenvalue weighted by atomic mass is 16.5. The van der Waals surface area contributed by atoms with Crippen LogP contribution in [0.3, 0.4) is 0 Å². The average molecular weight is 237 g/mol. The second kappa shape index (κ2) is 4.84. The lowest BCUT2D eigenvalue weighted by Gasteiger charge is -2.29. The highest BCUT2D eigenvalue weighted by molar-refractivity contribution is 5.51. The van der Waals surface area contributed by atoms with E-state index in [1.165, 1.54) is 7.11 Å². The summed E-state index contributed by atoms with van der Waals surface area (Å²) in [7, 11) is 3.60. The van der Waals surface area contributed by atoms with Gasteiger partial charge in [-0.3, -0.25) is 0 Å². The Morgan fingerprint density at radius 2 is 1.71 bits per heavy atom. The van der Waals surface area contributed by atoms with Gasteiger partial charge in [0.05, 0.1) is 7.11 Å². The monoisotopic (exact) mass is 237 g/mol. The highest BCUT2D eigenvalue weighted by Gasteiger charge is 2.24. The van der Waals surface area contributed by atoms with Gasteiger partial charge in [-0.2, -0.15) is 0 Å². The Hall–Kier alpha value is -1.42. The lowest BCUT2D eigenvalue weighted by molar-refractivity contribution is 0.250. The number of piperidine rings is 1. The van der Waals surface area contributed by atoms with Crippen molar-refractivity contribution in [2.45, 2.75) is 18.8 Å². The number of methoxy groups -OCH3 is 1. The lowest BCUT2D eigenvalue weighted by Crippen LogP contribution is -2.29. The maximum absolute atomic E-state index is 9.97. The zero-order chi connectivity index (χ0) is 12.4. The number of ether oxygens (including phenoxy) is 1. The lowest BCUT2D eigenvalue weighted by atomic mass is 9.88. The van der Waals surface area contributed by atoms with Crippen LogP contribution in [0.5, 0.6) is 17.2 Å². The fourth-order valence-electron chi connectivity index (χ4n) is 2.43. The van der Waals surface area contributed by atoms with Gasteiger partial charge in [-0.15, -0.1) is 0 Å². The second-order valence-electron chi connectivity index (χ2n) is 4.66. The quantitative estimate of drug-likeness (QED) is 0.825. The van der Waals surface area contributed by atoms with E-state index in [0.29, 0.717) is 11.3 Å². The number of nitrogens with zero attached hydrogens (tertiary/aromatic N) is 1. The number of phenolic OH excluding ortho intramolecular Hbond substituents is 2. The molecule has 2 N–H and O–H groups in total. The van der Waals surface area contributed by atoms with E-state index < -0.39 is 0 Å². The molecule has 0 bridgehead atoms. The molecule has 4 nitrogen and oxygen atoms in total. The van der Waals surface area contributed by atoms with Crippen LogP contribution in [0.15, 0.2) is 12.1 Å². The molecule has 0 unspecified atom stereocenters. The number of rotatable bonds is 2. The number of benzene rings is 1. The summed E-state index contributed by atoms with van der Waals surface area (Å²) >= 11 is 0. The van der Waals surface area contributed by atoms with E-state index in [1.54, 1.807) is 12.1 Å². The summed E-state index contributed by atoms with van der Waals surface area (Å²) in [5.41, 5.74) is 0.666. The standard InChI is InChI=1S/C13H19NO3/c1-14-5-3-9(4-6-14)13-11(15)7-10(17-2)8-12(13)16/h7-9,15-16H,3-6H2,1-2H3. The minimum atomic E-state index is 0.136. The maximum atomic E-state index is 9.97. The first-order valence-corrected chi connectivity index (χ1v) is 5.90. The molecule has 0 saturated carbocycles. The largest absolute Gasteiger partial charge is 0.507 e. The Bertz CT molecular complexity index is 375. The molecular weight excluding hydrogens is 218 g/mol. The first kappa shape index (κ1) is 12.0. The number of aromatic hydroxyl groups is 2. The third-order valence-electron chi connectivity index (χ3n) is 3.47. The number of phenols is 2. The van der Waals surface area contributed by atoms with Crippen molar-refractivity contribution < 1.29 is 14.9 Å². The summed E-state index contributed by atoms with van der Waals surface area (Å²) in [5.74, 6) is 0.988. The van der Waals surface area contributed by atoms with Crippen molar-refractivity contribution in [1.29, 1.82) is 0 Å². The van der Waals surface area contributed by atoms with Crippen LogP contribution < -0.4 is 4.74 Å². The van der Waals surface area contributed by atoms with Gasteiger partial charge < -0.3 is 19.8 Å². The van der Waals surface area contributed by atoms with Crippen LogP contribution in [0.2, 0.25) is 0 Å². The molecule has 2 rings (SSSR count). The molecule has 0 aromatic heterocycles. The first-order valence-electron chi connectivity index (χ1n) is 5.90. The Kier molecular flexibility index (Phi) is 3.43. The summed E-state index contributed by atoms with van der Waals surface area (Å²) in [6.45, 7) is 1.99. The van der Waals surface area contributed by atoms with Gasteiger partial charge >= 0.3 is 0 Å². The minimum absolute atomic E-state index is 0.136. The van der Waals surface area contributed by atoms with Crippen LogP contribution in [0.4, 0.5) is 0 Å². The van der Waals surface area contributed by atoms with E-state index in [1.807, 2.05) is 0 Å². The molecule has 1 aliphatic rings. The maximum Gasteiger partial charge on any atom is 0.126 e. The molecule has 0 aliphatic carbocycles. The number of likely N-dealkylation sites (tertiary alicyclic amines) is 1. The summed E-state index contributed by atoms with van der Waals surface area (Å²) in [4.78, 5) is 2.26. The first-order chi connectivity index (χ1) is 8.11. The molecule has 0 amide bonds. The van der Waals surface area contributed by atoms with Crippen molar-refractivity contribution in [3.05, 3.63) is 17.7 Å². The van der Waals surface area contributed by atoms with Gasteiger partial charge in [0, 0.05) is 17.7 Å². The third-order valence-corrected chi connectivity index (χ3v) is 3.47. The van der Waals surface area contributed by atoms with Gasteiger partial charge in [-0.1, -0.05) is 0 Å². The van der Waals surface area contributed by atoms with Crippen LogP contribution in [-0.2, 0) is 0 Å². The van der Waals surface area contributed by atoms with Crippen LogP contribution >= 0.6 is 0 Å². The molecule has 1 aliphatic heterocycles. The van der Waals surface area contributed by atoms with E-state index in [0.717, 1.165) is 25.9 Å². The smallest absolute Gasteiger partial charge is 0.126 e. The van der Waals surface area contributed by atoms with Crippen LogP contribution in [-0.4, -0.2) is 42.4 Å². The van der Waals surface area contributed by atoms with Gasteiger partial charge in [-0.05, 0) is 38.9 Å². The Morgan fingerprint density at radius 3 is 2.18 bits per heavy atom. The molecule has 4 heteroatoms. The molecule has 1 aromatic carbocycles. The molecule has 1 fully saturated rings. The molecule has 1 heterocycles. The van der Waals surface area contributed by atoms with E-state index in [4.69, 9.17) is 4.74 Å². The highest BCUT2D eigenvalue weighted by Crippen LogP contribution is 2.41. The van der Waals surface area contributed by atoms with Crippen molar-refractivity contribution in [2.75, 3.05) is 27.2 Å². The van der Waals surface area contributed by atoms with E-state index in [2.05, 4.69) is 11.9 Å². The van der Waals surface area contributed by atoms with E-state index >= 15 is 0 Å². The predicted octanol–water partition coefficient (Wildman–Crippen LogP) is 1.92. The number of hydrogen-bond donors (Lipinski definition) is 2. The SMILES string of the molecule is COc1cc(O)c(C2CCN(C)CC2)c(O)c1. The Balaban J connectivity index is 2.26. The summed E-state index contributed by atoms with van der Waals surface area (Å²) < 4.78 is 5.01. The van der Waals surface area contributed by atoms with Crippen molar-refractivity contribution in [2.24, 2.45) is 0 Å². The van der Waals surface area contributed by atoms with E-state index in [9.17, 15) is 10.2 Å². The van der Waals surface area contributed by atoms with Gasteiger partial charge in [0.25, 0.3) is 0 Å². The fraction of sp³-hybridized carbons (Fsp3) is 0.538. The third kappa shape index (κ3) is 2.47. The van der Waals surface area contributed by atoms with Gasteiger partial charge in [0.1, 0.15) is 17.2 Å². The van der Waals surface area contributed by atoms with E-state index in [-0.39, 0.29) is 17.4 Å². The van der Waals surface area contributed by atoms with Gasteiger partial charge in [0.15, 0.2) is 0 Å². The average Bonchev–Trinajstić information content (AvgIpc) is 2.30. The second-order valence-corrected chi connectivity index (χ2v) is 4.66. The van der Waals surface area contributed by atoms with Crippen molar-refractivity contribution in [3.8, 4) is 17.2 Å². The molecule has 1 saturated heterocycles. The molecular formula is C13H19NO3. The predicted molar refractivity (Wildman–Crippen MR) is 65.8 cm³/mol. The molecule has 94 valence electrons. The molecule has 1 aromatic rings. The topological polar surface area (TPSA) is 52.9 Å². The normalized spacial score (nSPS) is 18.2. The van der Waals surface area contributed by atoms with Crippen molar-refractivity contribution in [1.82, 2.24) is 4.90 Å². The van der Waals surface area contributed by atoms with Gasteiger partial charge in [-0.25, -0.2) is 0 Å². The number of hydrogen-bond acceptors (Lipinski definition) is 4.